The van der Waals surface area contributed by atoms with Gasteiger partial charge in [0.15, 0.2) is 4.96 Å². The molecule has 0 spiro atoms. The summed E-state index contributed by atoms with van der Waals surface area (Å²) in [5, 5.41) is 1.89. The van der Waals surface area contributed by atoms with E-state index in [9.17, 15) is 18.0 Å². The van der Waals surface area contributed by atoms with Crippen LogP contribution in [0.2, 0.25) is 0 Å². The van der Waals surface area contributed by atoms with Crippen molar-refractivity contribution in [3.05, 3.63) is 47.5 Å². The van der Waals surface area contributed by atoms with Crippen LogP contribution in [-0.2, 0) is 6.54 Å². The van der Waals surface area contributed by atoms with E-state index in [2.05, 4.69) is 4.98 Å². The fraction of sp³-hybridized carbons (Fsp3) is 0.167. The molecule has 20 heavy (non-hydrogen) atoms. The third-order valence-corrected chi connectivity index (χ3v) is 3.53. The molecule has 104 valence electrons. The maximum absolute atomic E-state index is 12.3. The number of ketones is 1. The maximum Gasteiger partial charge on any atom is 0.454 e. The van der Waals surface area contributed by atoms with Crippen molar-refractivity contribution in [2.45, 2.75) is 12.7 Å². The van der Waals surface area contributed by atoms with Crippen LogP contribution >= 0.6 is 11.3 Å². The van der Waals surface area contributed by atoms with Crippen molar-refractivity contribution >= 4 is 22.1 Å². The number of halogens is 3. The number of thiazole rings is 1. The second kappa shape index (κ2) is 4.48. The van der Waals surface area contributed by atoms with Gasteiger partial charge in [0.05, 0.1) is 12.2 Å². The Balaban J connectivity index is 1.80. The third-order valence-electron chi connectivity index (χ3n) is 2.76. The minimum Gasteiger partial charge on any atom is -0.348 e. The summed E-state index contributed by atoms with van der Waals surface area (Å²) in [5.41, 5.74) is 0.358. The minimum absolute atomic E-state index is 0.319. The van der Waals surface area contributed by atoms with Crippen molar-refractivity contribution in [1.82, 2.24) is 14.0 Å². The molecule has 0 unspecified atom stereocenters. The number of Topliss-reactive ketones (excluding diaryl/α,β-unsaturated/α-hetero) is 1. The molecule has 0 atom stereocenters. The summed E-state index contributed by atoms with van der Waals surface area (Å²) in [6, 6.07) is 1.16. The summed E-state index contributed by atoms with van der Waals surface area (Å²) in [4.78, 5) is 16.2. The summed E-state index contributed by atoms with van der Waals surface area (Å²) < 4.78 is 40.2. The van der Waals surface area contributed by atoms with Crippen molar-refractivity contribution in [3.63, 3.8) is 0 Å². The summed E-state index contributed by atoms with van der Waals surface area (Å²) in [5.74, 6) is -1.83. The number of fused-ring (bicyclic) bond motifs is 1. The van der Waals surface area contributed by atoms with E-state index in [0.29, 0.717) is 6.54 Å². The predicted molar refractivity (Wildman–Crippen MR) is 67.0 cm³/mol. The number of imidazole rings is 1. The van der Waals surface area contributed by atoms with E-state index in [-0.39, 0.29) is 5.56 Å². The molecule has 8 heteroatoms. The zero-order valence-corrected chi connectivity index (χ0v) is 10.8. The highest BCUT2D eigenvalue weighted by Crippen LogP contribution is 2.22. The molecule has 3 rings (SSSR count). The average Bonchev–Trinajstić information content (AvgIpc) is 3.02. The Morgan fingerprint density at radius 2 is 2.10 bits per heavy atom. The zero-order valence-electron chi connectivity index (χ0n) is 9.96. The van der Waals surface area contributed by atoms with Gasteiger partial charge in [-0.1, -0.05) is 0 Å². The Hall–Kier alpha value is -2.09. The SMILES string of the molecule is O=C(c1ccn(Cc2cn3ccsc3n2)c1)C(F)(F)F. The van der Waals surface area contributed by atoms with Crippen LogP contribution in [0.15, 0.2) is 36.2 Å². The number of carbonyl (C=O) groups excluding carboxylic acids is 1. The summed E-state index contributed by atoms with van der Waals surface area (Å²) in [6.07, 6.45) is 1.43. The molecule has 4 nitrogen and oxygen atoms in total. The fourth-order valence-corrected chi connectivity index (χ4v) is 2.60. The topological polar surface area (TPSA) is 39.3 Å². The van der Waals surface area contributed by atoms with E-state index in [1.54, 1.807) is 6.20 Å². The Labute approximate surface area is 115 Å². The summed E-state index contributed by atoms with van der Waals surface area (Å²) >= 11 is 1.47. The number of hydrogen-bond acceptors (Lipinski definition) is 3. The molecule has 3 heterocycles. The molecule has 0 aromatic carbocycles. The molecule has 0 bridgehead atoms. The standard InChI is InChI=1S/C12H8F3N3OS/c13-12(14,15)10(19)8-1-2-17(5-8)6-9-7-18-3-4-20-11(18)16-9/h1-5,7H,6H2. The normalized spacial score (nSPS) is 12.2. The highest BCUT2D eigenvalue weighted by atomic mass is 32.1. The van der Waals surface area contributed by atoms with Gasteiger partial charge in [0.1, 0.15) is 0 Å². The zero-order chi connectivity index (χ0) is 14.3. The molecule has 0 saturated heterocycles. The number of nitrogens with zero attached hydrogens (tertiary/aromatic N) is 3. The number of carbonyl (C=O) groups is 1. The van der Waals surface area contributed by atoms with E-state index >= 15 is 0 Å². The third kappa shape index (κ3) is 2.34. The smallest absolute Gasteiger partial charge is 0.348 e. The van der Waals surface area contributed by atoms with Gasteiger partial charge in [0, 0.05) is 35.7 Å². The molecule has 0 aliphatic heterocycles. The number of alkyl halides is 3. The molecular weight excluding hydrogens is 291 g/mol. The molecule has 0 fully saturated rings. The van der Waals surface area contributed by atoms with Gasteiger partial charge in [-0.25, -0.2) is 4.98 Å². The molecular formula is C12H8F3N3OS. The Kier molecular flexibility index (Phi) is 2.89. The van der Waals surface area contributed by atoms with Crippen LogP contribution in [0.5, 0.6) is 0 Å². The molecule has 0 radical (unpaired) electrons. The van der Waals surface area contributed by atoms with Crippen molar-refractivity contribution in [2.75, 3.05) is 0 Å². The van der Waals surface area contributed by atoms with Gasteiger partial charge in [0.2, 0.25) is 0 Å². The molecule has 3 aromatic rings. The summed E-state index contributed by atoms with van der Waals surface area (Å²) in [7, 11) is 0. The number of hydrogen-bond donors (Lipinski definition) is 0. The monoisotopic (exact) mass is 299 g/mol. The van der Waals surface area contributed by atoms with Crippen LogP contribution in [0, 0.1) is 0 Å². The van der Waals surface area contributed by atoms with Crippen molar-refractivity contribution in [1.29, 1.82) is 0 Å². The quantitative estimate of drug-likeness (QED) is 0.697. The van der Waals surface area contributed by atoms with E-state index < -0.39 is 12.0 Å². The van der Waals surface area contributed by atoms with Gasteiger partial charge >= 0.3 is 6.18 Å². The van der Waals surface area contributed by atoms with Gasteiger partial charge in [-0.15, -0.1) is 11.3 Å². The lowest BCUT2D eigenvalue weighted by molar-refractivity contribution is -0.0885. The van der Waals surface area contributed by atoms with E-state index in [4.69, 9.17) is 0 Å². The van der Waals surface area contributed by atoms with Gasteiger partial charge in [-0.05, 0) is 6.07 Å². The lowest BCUT2D eigenvalue weighted by Gasteiger charge is -2.02. The molecule has 0 N–H and O–H groups in total. The van der Waals surface area contributed by atoms with Gasteiger partial charge in [0.25, 0.3) is 5.78 Å². The van der Waals surface area contributed by atoms with E-state index in [1.807, 2.05) is 16.0 Å². The van der Waals surface area contributed by atoms with Crippen LogP contribution in [0.1, 0.15) is 16.1 Å². The van der Waals surface area contributed by atoms with E-state index in [1.165, 1.54) is 28.3 Å². The fourth-order valence-electron chi connectivity index (χ4n) is 1.88. The van der Waals surface area contributed by atoms with Crippen LogP contribution < -0.4 is 0 Å². The van der Waals surface area contributed by atoms with Gasteiger partial charge in [-0.2, -0.15) is 13.2 Å². The second-order valence-corrected chi connectivity index (χ2v) is 5.10. The van der Waals surface area contributed by atoms with Crippen molar-refractivity contribution in [3.8, 4) is 0 Å². The number of rotatable bonds is 3. The first-order valence-corrected chi connectivity index (χ1v) is 6.50. The second-order valence-electron chi connectivity index (χ2n) is 4.22. The largest absolute Gasteiger partial charge is 0.454 e. The van der Waals surface area contributed by atoms with E-state index in [0.717, 1.165) is 16.7 Å². The minimum atomic E-state index is -4.84. The lowest BCUT2D eigenvalue weighted by atomic mass is 10.2. The molecule has 0 amide bonds. The first-order chi connectivity index (χ1) is 9.43. The van der Waals surface area contributed by atoms with Crippen LogP contribution in [-0.4, -0.2) is 25.9 Å². The highest BCUT2D eigenvalue weighted by Gasteiger charge is 2.39. The van der Waals surface area contributed by atoms with Gasteiger partial charge in [-0.3, -0.25) is 9.20 Å². The van der Waals surface area contributed by atoms with Crippen LogP contribution in [0.4, 0.5) is 13.2 Å². The molecule has 0 aliphatic carbocycles. The Morgan fingerprint density at radius 1 is 1.30 bits per heavy atom. The van der Waals surface area contributed by atoms with Crippen LogP contribution in [0.25, 0.3) is 4.96 Å². The average molecular weight is 299 g/mol. The predicted octanol–water partition coefficient (Wildman–Crippen LogP) is 2.99. The van der Waals surface area contributed by atoms with Gasteiger partial charge < -0.3 is 4.57 Å². The highest BCUT2D eigenvalue weighted by molar-refractivity contribution is 7.15. The molecule has 0 aliphatic rings. The molecule has 0 saturated carbocycles. The van der Waals surface area contributed by atoms with Crippen molar-refractivity contribution in [2.24, 2.45) is 0 Å². The first kappa shape index (κ1) is 12.9. The molecule has 3 aromatic heterocycles. The first-order valence-electron chi connectivity index (χ1n) is 5.62. The van der Waals surface area contributed by atoms with Crippen molar-refractivity contribution < 1.29 is 18.0 Å². The summed E-state index contributed by atoms with van der Waals surface area (Å²) in [6.45, 7) is 0.319. The lowest BCUT2D eigenvalue weighted by Crippen LogP contribution is -2.22. The Bertz CT molecular complexity index is 740. The maximum atomic E-state index is 12.3. The Morgan fingerprint density at radius 3 is 2.80 bits per heavy atom. The number of aromatic nitrogens is 3. The van der Waals surface area contributed by atoms with Crippen LogP contribution in [0.3, 0.4) is 0 Å².